The lowest BCUT2D eigenvalue weighted by Gasteiger charge is -2.15. The van der Waals surface area contributed by atoms with E-state index in [2.05, 4.69) is 20.3 Å². The molecule has 7 heteroatoms. The van der Waals surface area contributed by atoms with E-state index in [0.717, 1.165) is 13.0 Å². The molecule has 82 valence electrons. The number of halogens is 2. The van der Waals surface area contributed by atoms with Gasteiger partial charge < -0.3 is 10.1 Å². The Morgan fingerprint density at radius 2 is 1.93 bits per heavy atom. The van der Waals surface area contributed by atoms with Crippen LogP contribution in [0, 0.1) is 0 Å². The highest BCUT2D eigenvalue weighted by atomic mass is 35.5. The first kappa shape index (κ1) is 10.9. The predicted molar refractivity (Wildman–Crippen MR) is 57.3 cm³/mol. The Balaban J connectivity index is 2.10. The molecule has 2 atom stereocenters. The molecule has 0 radical (unpaired) electrons. The second-order valence-electron chi connectivity index (χ2n) is 3.31. The number of nitrogens with one attached hydrogen (secondary N) is 1. The van der Waals surface area contributed by atoms with Crippen molar-refractivity contribution in [3.8, 4) is 0 Å². The van der Waals surface area contributed by atoms with Crippen LogP contribution in [0.5, 0.6) is 0 Å². The molecule has 15 heavy (non-hydrogen) atoms. The number of ether oxygens (including phenoxy) is 1. The molecular weight excluding hydrogens is 239 g/mol. The largest absolute Gasteiger partial charge is 0.376 e. The molecule has 0 amide bonds. The van der Waals surface area contributed by atoms with Gasteiger partial charge in [0.25, 0.3) is 0 Å². The van der Waals surface area contributed by atoms with E-state index in [9.17, 15) is 0 Å². The van der Waals surface area contributed by atoms with Crippen LogP contribution in [0.15, 0.2) is 0 Å². The number of anilines is 1. The van der Waals surface area contributed by atoms with Crippen LogP contribution in [0.4, 0.5) is 5.95 Å². The van der Waals surface area contributed by atoms with E-state index in [-0.39, 0.29) is 22.7 Å². The molecule has 0 aliphatic carbocycles. The average Bonchev–Trinajstić information content (AvgIpc) is 2.50. The van der Waals surface area contributed by atoms with E-state index >= 15 is 0 Å². The first-order valence-corrected chi connectivity index (χ1v) is 5.36. The SMILES string of the molecule is CC1OCCC1Nc1nc(Cl)nc(Cl)n1. The molecule has 0 bridgehead atoms. The molecule has 5 nitrogen and oxygen atoms in total. The first-order chi connectivity index (χ1) is 7.15. The molecule has 0 spiro atoms. The maximum absolute atomic E-state index is 5.65. The standard InChI is InChI=1S/C8H10Cl2N4O/c1-4-5(2-3-15-4)11-8-13-6(9)12-7(10)14-8/h4-5H,2-3H2,1H3,(H,11,12,13,14). The minimum absolute atomic E-state index is 0.0871. The van der Waals surface area contributed by atoms with Crippen molar-refractivity contribution in [3.63, 3.8) is 0 Å². The average molecular weight is 249 g/mol. The molecule has 1 N–H and O–H groups in total. The maximum atomic E-state index is 5.65. The molecule has 2 rings (SSSR count). The molecular formula is C8H10Cl2N4O. The Morgan fingerprint density at radius 3 is 2.47 bits per heavy atom. The van der Waals surface area contributed by atoms with Gasteiger partial charge in [-0.3, -0.25) is 0 Å². The van der Waals surface area contributed by atoms with Crippen LogP contribution in [0.2, 0.25) is 10.6 Å². The summed E-state index contributed by atoms with van der Waals surface area (Å²) in [6, 6.07) is 0.194. The molecule has 2 unspecified atom stereocenters. The monoisotopic (exact) mass is 248 g/mol. The van der Waals surface area contributed by atoms with Gasteiger partial charge in [0.05, 0.1) is 12.1 Å². The van der Waals surface area contributed by atoms with E-state index in [0.29, 0.717) is 5.95 Å². The van der Waals surface area contributed by atoms with Gasteiger partial charge in [0.2, 0.25) is 16.5 Å². The van der Waals surface area contributed by atoms with Gasteiger partial charge in [-0.1, -0.05) is 0 Å². The van der Waals surface area contributed by atoms with E-state index in [4.69, 9.17) is 27.9 Å². The zero-order chi connectivity index (χ0) is 10.8. The first-order valence-electron chi connectivity index (χ1n) is 4.60. The number of aromatic nitrogens is 3. The van der Waals surface area contributed by atoms with Gasteiger partial charge in [-0.05, 0) is 36.5 Å². The van der Waals surface area contributed by atoms with Crippen molar-refractivity contribution in [2.45, 2.75) is 25.5 Å². The van der Waals surface area contributed by atoms with Crippen molar-refractivity contribution in [1.82, 2.24) is 15.0 Å². The van der Waals surface area contributed by atoms with Gasteiger partial charge in [-0.2, -0.15) is 15.0 Å². The van der Waals surface area contributed by atoms with E-state index in [1.54, 1.807) is 0 Å². The maximum Gasteiger partial charge on any atom is 0.228 e. The summed E-state index contributed by atoms with van der Waals surface area (Å²) in [5.41, 5.74) is 0. The zero-order valence-electron chi connectivity index (χ0n) is 8.07. The van der Waals surface area contributed by atoms with Crippen LogP contribution in [0.25, 0.3) is 0 Å². The second-order valence-corrected chi connectivity index (χ2v) is 3.99. The van der Waals surface area contributed by atoms with Gasteiger partial charge in [0, 0.05) is 6.61 Å². The highest BCUT2D eigenvalue weighted by Crippen LogP contribution is 2.18. The minimum Gasteiger partial charge on any atom is -0.376 e. The van der Waals surface area contributed by atoms with Gasteiger partial charge in [-0.15, -0.1) is 0 Å². The second kappa shape index (κ2) is 4.47. The third-order valence-corrected chi connectivity index (χ3v) is 2.61. The summed E-state index contributed by atoms with van der Waals surface area (Å²) >= 11 is 11.3. The van der Waals surface area contributed by atoms with Crippen LogP contribution in [-0.2, 0) is 4.74 Å². The molecule has 0 saturated carbocycles. The molecule has 1 aromatic rings. The molecule has 2 heterocycles. The van der Waals surface area contributed by atoms with Crippen LogP contribution in [-0.4, -0.2) is 33.7 Å². The zero-order valence-corrected chi connectivity index (χ0v) is 9.59. The summed E-state index contributed by atoms with van der Waals surface area (Å²) in [6.07, 6.45) is 1.06. The van der Waals surface area contributed by atoms with Gasteiger partial charge in [0.15, 0.2) is 0 Å². The van der Waals surface area contributed by atoms with Crippen LogP contribution < -0.4 is 5.32 Å². The number of hydrogen-bond donors (Lipinski definition) is 1. The fraction of sp³-hybridized carbons (Fsp3) is 0.625. The van der Waals surface area contributed by atoms with Crippen LogP contribution >= 0.6 is 23.2 Å². The van der Waals surface area contributed by atoms with Crippen molar-refractivity contribution in [1.29, 1.82) is 0 Å². The fourth-order valence-corrected chi connectivity index (χ4v) is 1.84. The summed E-state index contributed by atoms with van der Waals surface area (Å²) < 4.78 is 5.40. The quantitative estimate of drug-likeness (QED) is 0.865. The number of hydrogen-bond acceptors (Lipinski definition) is 5. The summed E-state index contributed by atoms with van der Waals surface area (Å²) in [5.74, 6) is 0.391. The summed E-state index contributed by atoms with van der Waals surface area (Å²) in [7, 11) is 0. The summed E-state index contributed by atoms with van der Waals surface area (Å²) in [5, 5.41) is 3.29. The Kier molecular flexibility index (Phi) is 3.23. The van der Waals surface area contributed by atoms with Crippen molar-refractivity contribution in [2.24, 2.45) is 0 Å². The third-order valence-electron chi connectivity index (χ3n) is 2.27. The number of nitrogens with zero attached hydrogens (tertiary/aromatic N) is 3. The molecule has 1 aliphatic rings. The van der Waals surface area contributed by atoms with Crippen molar-refractivity contribution in [3.05, 3.63) is 10.6 Å². The topological polar surface area (TPSA) is 59.9 Å². The predicted octanol–water partition coefficient (Wildman–Crippen LogP) is 1.77. The van der Waals surface area contributed by atoms with Crippen LogP contribution in [0.3, 0.4) is 0 Å². The Bertz CT molecular complexity index is 342. The lowest BCUT2D eigenvalue weighted by Crippen LogP contribution is -2.27. The Morgan fingerprint density at radius 1 is 1.27 bits per heavy atom. The summed E-state index contributed by atoms with van der Waals surface area (Å²) in [4.78, 5) is 11.5. The Labute approximate surface area is 97.2 Å². The van der Waals surface area contributed by atoms with Gasteiger partial charge in [-0.25, -0.2) is 0 Å². The molecule has 1 aromatic heterocycles. The van der Waals surface area contributed by atoms with E-state index in [1.165, 1.54) is 0 Å². The Hall–Kier alpha value is -0.650. The lowest BCUT2D eigenvalue weighted by molar-refractivity contribution is 0.121. The van der Waals surface area contributed by atoms with Gasteiger partial charge in [0.1, 0.15) is 0 Å². The van der Waals surface area contributed by atoms with E-state index < -0.39 is 0 Å². The van der Waals surface area contributed by atoms with Gasteiger partial charge >= 0.3 is 0 Å². The minimum atomic E-state index is 0.0871. The third kappa shape index (κ3) is 2.68. The molecule has 1 fully saturated rings. The normalized spacial score (nSPS) is 25.5. The van der Waals surface area contributed by atoms with Crippen molar-refractivity contribution in [2.75, 3.05) is 11.9 Å². The lowest BCUT2D eigenvalue weighted by atomic mass is 10.2. The molecule has 1 aliphatic heterocycles. The molecule has 0 aromatic carbocycles. The summed E-state index contributed by atoms with van der Waals surface area (Å²) in [6.45, 7) is 2.74. The fourth-order valence-electron chi connectivity index (χ4n) is 1.48. The van der Waals surface area contributed by atoms with Crippen LogP contribution in [0.1, 0.15) is 13.3 Å². The van der Waals surface area contributed by atoms with E-state index in [1.807, 2.05) is 6.92 Å². The van der Waals surface area contributed by atoms with Crippen molar-refractivity contribution < 1.29 is 4.74 Å². The highest BCUT2D eigenvalue weighted by molar-refractivity contribution is 6.31. The highest BCUT2D eigenvalue weighted by Gasteiger charge is 2.24. The smallest absolute Gasteiger partial charge is 0.228 e. The van der Waals surface area contributed by atoms with Crippen molar-refractivity contribution >= 4 is 29.2 Å². The molecule has 1 saturated heterocycles. The number of rotatable bonds is 2.